The molecule has 4 rings (SSSR count). The number of nitro groups is 2. The molecule has 2 aromatic heterocycles. The minimum absolute atomic E-state index is 0.0403. The Labute approximate surface area is 189 Å². The van der Waals surface area contributed by atoms with Gasteiger partial charge in [-0.05, 0) is 31.2 Å². The Balaban J connectivity index is 0.000000204. The molecule has 0 aliphatic carbocycles. The Kier molecular flexibility index (Phi) is 7.90. The molecule has 0 radical (unpaired) electrons. The third-order valence-electron chi connectivity index (χ3n) is 4.11. The molecule has 6 N–H and O–H groups in total. The van der Waals surface area contributed by atoms with E-state index in [4.69, 9.17) is 23.3 Å². The van der Waals surface area contributed by atoms with Crippen molar-refractivity contribution in [1.82, 2.24) is 20.4 Å². The van der Waals surface area contributed by atoms with Crippen LogP contribution in [0, 0.1) is 20.2 Å². The van der Waals surface area contributed by atoms with Crippen molar-refractivity contribution in [3.8, 4) is 0 Å². The molecule has 0 spiro atoms. The Morgan fingerprint density at radius 1 is 0.971 bits per heavy atom. The van der Waals surface area contributed by atoms with E-state index in [1.54, 1.807) is 18.2 Å². The molecule has 2 heterocycles. The number of nitrogens with two attached hydrogens (primary N) is 1. The number of aromatic amines is 2. The number of benzene rings is 2. The van der Waals surface area contributed by atoms with Crippen LogP contribution >= 0.6 is 0 Å². The van der Waals surface area contributed by atoms with Crippen molar-refractivity contribution in [1.29, 1.82) is 0 Å². The maximum absolute atomic E-state index is 11.0. The zero-order valence-corrected chi connectivity index (χ0v) is 18.0. The highest BCUT2D eigenvalue weighted by Crippen LogP contribution is 2.30. The number of ketones is 1. The number of nitrogens with zero attached hydrogens (tertiary/aromatic N) is 4. The van der Waals surface area contributed by atoms with Crippen LogP contribution in [0.2, 0.25) is 0 Å². The summed E-state index contributed by atoms with van der Waals surface area (Å²) in [6, 6.07) is 6.41. The van der Waals surface area contributed by atoms with Crippen LogP contribution in [0.3, 0.4) is 0 Å². The van der Waals surface area contributed by atoms with Gasteiger partial charge in [0.05, 0.1) is 44.0 Å². The van der Waals surface area contributed by atoms with E-state index in [-0.39, 0.29) is 29.3 Å². The molecule has 0 aliphatic heterocycles. The molecule has 17 heteroatoms. The second-order valence-electron chi connectivity index (χ2n) is 6.58. The molecule has 34 heavy (non-hydrogen) atoms. The Morgan fingerprint density at radius 3 is 1.85 bits per heavy atom. The van der Waals surface area contributed by atoms with Crippen LogP contribution in [-0.4, -0.2) is 53.5 Å². The highest BCUT2D eigenvalue weighted by atomic mass is 32.3. The molecule has 0 aliphatic rings. The molecule has 180 valence electrons. The molecule has 16 nitrogen and oxygen atoms in total. The average Bonchev–Trinajstić information content (AvgIpc) is 3.34. The van der Waals surface area contributed by atoms with E-state index in [2.05, 4.69) is 20.4 Å². The number of aromatic nitrogens is 4. The van der Waals surface area contributed by atoms with Crippen LogP contribution in [0.1, 0.15) is 12.5 Å². The van der Waals surface area contributed by atoms with Crippen LogP contribution in [0.5, 0.6) is 0 Å². The molecule has 2 aromatic carbocycles. The summed E-state index contributed by atoms with van der Waals surface area (Å²) in [5.41, 5.74) is 7.11. The van der Waals surface area contributed by atoms with E-state index < -0.39 is 20.2 Å². The number of H-pyrrole nitrogens is 2. The van der Waals surface area contributed by atoms with E-state index in [1.165, 1.54) is 25.4 Å². The van der Waals surface area contributed by atoms with E-state index in [9.17, 15) is 25.0 Å². The summed E-state index contributed by atoms with van der Waals surface area (Å²) in [7, 11) is -4.67. The molecule has 0 fully saturated rings. The first-order chi connectivity index (χ1) is 15.8. The van der Waals surface area contributed by atoms with Gasteiger partial charge in [-0.15, -0.1) is 0 Å². The second-order valence-corrected chi connectivity index (χ2v) is 7.48. The Morgan fingerprint density at radius 2 is 1.41 bits per heavy atom. The quantitative estimate of drug-likeness (QED) is 0.118. The topological polar surface area (TPSA) is 261 Å². The molecule has 0 bridgehead atoms. The number of anilines is 1. The molecule has 0 unspecified atom stereocenters. The van der Waals surface area contributed by atoms with Gasteiger partial charge in [0.25, 0.3) is 5.69 Å². The van der Waals surface area contributed by atoms with Crippen molar-refractivity contribution < 1.29 is 32.2 Å². The number of carbonyl (C=O) groups excluding carboxylic acids is 1. The third kappa shape index (κ3) is 6.76. The monoisotopic (exact) mass is 495 g/mol. The van der Waals surface area contributed by atoms with Crippen LogP contribution in [0.25, 0.3) is 21.8 Å². The van der Waals surface area contributed by atoms with Crippen molar-refractivity contribution in [3.63, 3.8) is 0 Å². The SMILES string of the molecule is CC(=O)Cc1ccc2[nH]ncc2c1[N+](=O)[O-].Nc1ccc2[nH]ncc2c1[N+](=O)[O-].O=S(=O)(O)O. The number of Topliss-reactive ketones (excluding diaryl/α,β-unsaturated/α-hetero) is 1. The number of nitro benzene ring substituents is 2. The predicted octanol–water partition coefficient (Wildman–Crippen LogP) is 2.00. The standard InChI is InChI=1S/C10H9N3O3.C7H6N4O2.H2O4S/c1-6(14)4-7-2-3-9-8(5-11-12-9)10(7)13(15)16;8-5-1-2-6-4(3-9-10-6)7(5)11(12)13;1-5(2,3)4/h2-3,5H,4H2,1H3,(H,11,12);1-3H,8H2,(H,9,10);(H2,1,2,3,4). The van der Waals surface area contributed by atoms with E-state index >= 15 is 0 Å². The highest BCUT2D eigenvalue weighted by molar-refractivity contribution is 7.79. The first-order valence-electron chi connectivity index (χ1n) is 8.94. The molecular formula is C17H17N7O9S. The molecule has 0 saturated carbocycles. The lowest BCUT2D eigenvalue weighted by molar-refractivity contribution is -0.383. The van der Waals surface area contributed by atoms with Crippen LogP contribution in [0.15, 0.2) is 36.7 Å². The van der Waals surface area contributed by atoms with Gasteiger partial charge in [-0.25, -0.2) is 0 Å². The largest absolute Gasteiger partial charge is 0.394 e. The third-order valence-corrected chi connectivity index (χ3v) is 4.11. The van der Waals surface area contributed by atoms with Gasteiger partial charge in [0.1, 0.15) is 11.5 Å². The van der Waals surface area contributed by atoms with E-state index in [1.807, 2.05) is 0 Å². The summed E-state index contributed by atoms with van der Waals surface area (Å²) in [5, 5.41) is 35.2. The second kappa shape index (κ2) is 10.4. The van der Waals surface area contributed by atoms with E-state index in [0.717, 1.165) is 0 Å². The Bertz CT molecular complexity index is 1470. The zero-order valence-electron chi connectivity index (χ0n) is 17.2. The summed E-state index contributed by atoms with van der Waals surface area (Å²) in [6.07, 6.45) is 2.86. The summed E-state index contributed by atoms with van der Waals surface area (Å²) in [4.78, 5) is 31.6. The first kappa shape index (κ1) is 25.8. The zero-order chi connectivity index (χ0) is 25.6. The number of hydrogen-bond acceptors (Lipinski definition) is 10. The normalized spacial score (nSPS) is 10.7. The maximum atomic E-state index is 11.0. The smallest absolute Gasteiger partial charge is 0.393 e. The lowest BCUT2D eigenvalue weighted by atomic mass is 10.0. The fourth-order valence-corrected chi connectivity index (χ4v) is 2.90. The van der Waals surface area contributed by atoms with Gasteiger partial charge in [0.2, 0.25) is 0 Å². The van der Waals surface area contributed by atoms with Gasteiger partial charge < -0.3 is 5.73 Å². The van der Waals surface area contributed by atoms with Crippen molar-refractivity contribution in [3.05, 3.63) is 62.5 Å². The number of hydrogen-bond donors (Lipinski definition) is 5. The van der Waals surface area contributed by atoms with Crippen LogP contribution in [-0.2, 0) is 21.6 Å². The Hall–Kier alpha value is -4.48. The van der Waals surface area contributed by atoms with Crippen LogP contribution < -0.4 is 5.73 Å². The van der Waals surface area contributed by atoms with Crippen molar-refractivity contribution in [2.45, 2.75) is 13.3 Å². The first-order valence-corrected chi connectivity index (χ1v) is 10.3. The molecule has 0 amide bonds. The van der Waals surface area contributed by atoms with Crippen molar-refractivity contribution >= 4 is 55.1 Å². The van der Waals surface area contributed by atoms with Crippen molar-refractivity contribution in [2.75, 3.05) is 5.73 Å². The average molecular weight is 495 g/mol. The lowest BCUT2D eigenvalue weighted by Crippen LogP contribution is -2.01. The highest BCUT2D eigenvalue weighted by Gasteiger charge is 2.20. The molecule has 0 atom stereocenters. The van der Waals surface area contributed by atoms with Crippen LogP contribution in [0.4, 0.5) is 17.1 Å². The minimum atomic E-state index is -4.67. The van der Waals surface area contributed by atoms with Gasteiger partial charge in [-0.2, -0.15) is 18.6 Å². The number of fused-ring (bicyclic) bond motifs is 2. The van der Waals surface area contributed by atoms with Gasteiger partial charge in [0.15, 0.2) is 0 Å². The molecule has 0 saturated heterocycles. The fourth-order valence-electron chi connectivity index (χ4n) is 2.90. The number of carbonyl (C=O) groups is 1. The maximum Gasteiger partial charge on any atom is 0.394 e. The predicted molar refractivity (Wildman–Crippen MR) is 118 cm³/mol. The van der Waals surface area contributed by atoms with Gasteiger partial charge >= 0.3 is 16.1 Å². The fraction of sp³-hybridized carbons (Fsp3) is 0.118. The number of nitrogens with one attached hydrogen (secondary N) is 2. The number of nitrogen functional groups attached to an aromatic ring is 1. The molecule has 4 aromatic rings. The van der Waals surface area contributed by atoms with E-state index in [0.29, 0.717) is 27.4 Å². The number of rotatable bonds is 4. The minimum Gasteiger partial charge on any atom is -0.393 e. The lowest BCUT2D eigenvalue weighted by Gasteiger charge is -2.01. The summed E-state index contributed by atoms with van der Waals surface area (Å²) in [5.74, 6) is -0.106. The van der Waals surface area contributed by atoms with Gasteiger partial charge in [-0.1, -0.05) is 0 Å². The van der Waals surface area contributed by atoms with Gasteiger partial charge in [0, 0.05) is 12.0 Å². The van der Waals surface area contributed by atoms with Crippen molar-refractivity contribution in [2.24, 2.45) is 0 Å². The van der Waals surface area contributed by atoms with Gasteiger partial charge in [-0.3, -0.25) is 44.3 Å². The summed E-state index contributed by atoms with van der Waals surface area (Å²) < 4.78 is 31.6. The summed E-state index contributed by atoms with van der Waals surface area (Å²) in [6.45, 7) is 1.41. The summed E-state index contributed by atoms with van der Waals surface area (Å²) >= 11 is 0. The molecular weight excluding hydrogens is 478 g/mol.